The van der Waals surface area contributed by atoms with Gasteiger partial charge in [-0.2, -0.15) is 8.78 Å². The van der Waals surface area contributed by atoms with Gasteiger partial charge in [-0.15, -0.1) is 0 Å². The SMILES string of the molecule is C[C@H](c1c(OC(F)F)ccc(F)c1Cl)c1cn(C(=O)O)c2ncc(Br)cc12. The van der Waals surface area contributed by atoms with Crippen LogP contribution in [-0.4, -0.2) is 27.4 Å². The summed E-state index contributed by atoms with van der Waals surface area (Å²) in [7, 11) is 0. The van der Waals surface area contributed by atoms with Crippen molar-refractivity contribution in [3.63, 3.8) is 0 Å². The number of pyridine rings is 1. The number of fused-ring (bicyclic) bond motifs is 1. The van der Waals surface area contributed by atoms with Crippen LogP contribution in [0, 0.1) is 5.82 Å². The van der Waals surface area contributed by atoms with Gasteiger partial charge in [-0.3, -0.25) is 0 Å². The highest BCUT2D eigenvalue weighted by Gasteiger charge is 2.26. The summed E-state index contributed by atoms with van der Waals surface area (Å²) in [5.41, 5.74) is 0.547. The van der Waals surface area contributed by atoms with Crippen molar-refractivity contribution in [3.05, 3.63) is 57.0 Å². The van der Waals surface area contributed by atoms with Gasteiger partial charge in [0.05, 0.1) is 5.02 Å². The van der Waals surface area contributed by atoms with Crippen molar-refractivity contribution in [2.24, 2.45) is 0 Å². The predicted molar refractivity (Wildman–Crippen MR) is 96.4 cm³/mol. The third-order valence-electron chi connectivity index (χ3n) is 4.05. The number of aromatic nitrogens is 2. The first-order chi connectivity index (χ1) is 12.7. The van der Waals surface area contributed by atoms with Gasteiger partial charge in [0.15, 0.2) is 0 Å². The molecule has 0 unspecified atom stereocenters. The van der Waals surface area contributed by atoms with E-state index in [9.17, 15) is 23.1 Å². The third-order valence-corrected chi connectivity index (χ3v) is 4.87. The van der Waals surface area contributed by atoms with Crippen molar-refractivity contribution in [2.75, 3.05) is 0 Å². The van der Waals surface area contributed by atoms with Crippen molar-refractivity contribution in [3.8, 4) is 5.75 Å². The van der Waals surface area contributed by atoms with Gasteiger partial charge in [-0.25, -0.2) is 18.7 Å². The topological polar surface area (TPSA) is 64.3 Å². The van der Waals surface area contributed by atoms with Crippen LogP contribution in [0.2, 0.25) is 5.02 Å². The summed E-state index contributed by atoms with van der Waals surface area (Å²) in [4.78, 5) is 15.6. The van der Waals surface area contributed by atoms with Crippen LogP contribution in [0.15, 0.2) is 35.1 Å². The number of carbonyl (C=O) groups is 1. The first-order valence-corrected chi connectivity index (χ1v) is 8.70. The van der Waals surface area contributed by atoms with Crippen molar-refractivity contribution in [1.29, 1.82) is 0 Å². The molecule has 5 nitrogen and oxygen atoms in total. The molecular weight excluding hydrogens is 453 g/mol. The van der Waals surface area contributed by atoms with Crippen molar-refractivity contribution in [2.45, 2.75) is 19.5 Å². The highest BCUT2D eigenvalue weighted by Crippen LogP contribution is 2.41. The lowest BCUT2D eigenvalue weighted by atomic mass is 9.92. The summed E-state index contributed by atoms with van der Waals surface area (Å²) >= 11 is 9.29. The van der Waals surface area contributed by atoms with Crippen LogP contribution in [0.25, 0.3) is 11.0 Å². The second kappa shape index (κ2) is 7.40. The molecule has 1 atom stereocenters. The average molecular weight is 464 g/mol. The lowest BCUT2D eigenvalue weighted by Crippen LogP contribution is -2.08. The molecule has 142 valence electrons. The molecule has 0 aliphatic rings. The molecule has 2 heterocycles. The number of benzene rings is 1. The Balaban J connectivity index is 2.25. The maximum absolute atomic E-state index is 14.0. The molecule has 3 aromatic rings. The van der Waals surface area contributed by atoms with Gasteiger partial charge in [0.25, 0.3) is 0 Å². The van der Waals surface area contributed by atoms with Crippen LogP contribution in [-0.2, 0) is 0 Å². The van der Waals surface area contributed by atoms with E-state index >= 15 is 0 Å². The van der Waals surface area contributed by atoms with Gasteiger partial charge in [-0.05, 0) is 39.7 Å². The minimum atomic E-state index is -3.13. The quantitative estimate of drug-likeness (QED) is 0.525. The summed E-state index contributed by atoms with van der Waals surface area (Å²) < 4.78 is 45.5. The number of carboxylic acid groups (broad SMARTS) is 1. The molecule has 1 N–H and O–H groups in total. The van der Waals surface area contributed by atoms with Gasteiger partial charge < -0.3 is 9.84 Å². The summed E-state index contributed by atoms with van der Waals surface area (Å²) in [6, 6.07) is 3.62. The van der Waals surface area contributed by atoms with Crippen molar-refractivity contribution in [1.82, 2.24) is 9.55 Å². The number of alkyl halides is 2. The molecule has 0 bridgehead atoms. The minimum Gasteiger partial charge on any atom is -0.464 e. The maximum atomic E-state index is 14.0. The highest BCUT2D eigenvalue weighted by molar-refractivity contribution is 9.10. The van der Waals surface area contributed by atoms with E-state index in [2.05, 4.69) is 25.7 Å². The number of ether oxygens (including phenoxy) is 1. The molecule has 1 aromatic carbocycles. The Morgan fingerprint density at radius 1 is 1.41 bits per heavy atom. The van der Waals surface area contributed by atoms with E-state index in [1.165, 1.54) is 12.4 Å². The fourth-order valence-electron chi connectivity index (χ4n) is 2.90. The maximum Gasteiger partial charge on any atom is 0.417 e. The second-order valence-electron chi connectivity index (χ2n) is 5.64. The molecule has 2 aromatic heterocycles. The zero-order valence-electron chi connectivity index (χ0n) is 13.6. The molecule has 27 heavy (non-hydrogen) atoms. The molecule has 0 amide bonds. The van der Waals surface area contributed by atoms with Gasteiger partial charge in [0.1, 0.15) is 17.2 Å². The van der Waals surface area contributed by atoms with Crippen LogP contribution in [0.1, 0.15) is 24.0 Å². The van der Waals surface area contributed by atoms with Gasteiger partial charge in [0.2, 0.25) is 0 Å². The molecule has 0 saturated carbocycles. The molecule has 0 fully saturated rings. The first kappa shape index (κ1) is 19.5. The number of halogens is 5. The highest BCUT2D eigenvalue weighted by atomic mass is 79.9. The molecule has 0 aliphatic carbocycles. The zero-order chi connectivity index (χ0) is 19.9. The molecule has 0 saturated heterocycles. The number of hydrogen-bond acceptors (Lipinski definition) is 3. The Morgan fingerprint density at radius 3 is 2.74 bits per heavy atom. The molecule has 0 radical (unpaired) electrons. The Morgan fingerprint density at radius 2 is 2.11 bits per heavy atom. The molecule has 0 aliphatic heterocycles. The van der Waals surface area contributed by atoms with Gasteiger partial charge in [-0.1, -0.05) is 18.5 Å². The van der Waals surface area contributed by atoms with Crippen LogP contribution in [0.3, 0.4) is 0 Å². The molecule has 0 spiro atoms. The van der Waals surface area contributed by atoms with E-state index in [0.29, 0.717) is 15.4 Å². The third kappa shape index (κ3) is 3.61. The largest absolute Gasteiger partial charge is 0.464 e. The summed E-state index contributed by atoms with van der Waals surface area (Å²) in [5, 5.41) is 9.46. The second-order valence-corrected chi connectivity index (χ2v) is 6.93. The van der Waals surface area contributed by atoms with E-state index in [4.69, 9.17) is 11.6 Å². The summed E-state index contributed by atoms with van der Waals surface area (Å²) in [6.07, 6.45) is 1.45. The predicted octanol–water partition coefficient (Wildman–Crippen LogP) is 5.87. The van der Waals surface area contributed by atoms with Gasteiger partial charge >= 0.3 is 12.7 Å². The summed E-state index contributed by atoms with van der Waals surface area (Å²) in [6.45, 7) is -1.55. The van der Waals surface area contributed by atoms with Gasteiger partial charge in [0, 0.05) is 33.7 Å². The minimum absolute atomic E-state index is 0.0126. The van der Waals surface area contributed by atoms with E-state index in [1.54, 1.807) is 13.0 Å². The van der Waals surface area contributed by atoms with Crippen LogP contribution < -0.4 is 4.74 Å². The van der Waals surface area contributed by atoms with E-state index in [1.807, 2.05) is 0 Å². The first-order valence-electron chi connectivity index (χ1n) is 7.53. The molecular formula is C17H11BrClF3N2O3. The van der Waals surface area contributed by atoms with Crippen LogP contribution >= 0.6 is 27.5 Å². The van der Waals surface area contributed by atoms with Crippen molar-refractivity contribution < 1.29 is 27.8 Å². The Hall–Kier alpha value is -2.26. The smallest absolute Gasteiger partial charge is 0.417 e. The number of nitrogens with zero attached hydrogens (tertiary/aromatic N) is 2. The number of hydrogen-bond donors (Lipinski definition) is 1. The lowest BCUT2D eigenvalue weighted by molar-refractivity contribution is -0.0505. The standard InChI is InChI=1S/C17H11BrClF3N2O3/c1-7(13-12(27-16(21)22)3-2-11(20)14(13)19)10-6-24(17(25)26)15-9(10)4-8(18)5-23-15/h2-7,16H,1H3,(H,25,26)/t7-/m0/s1. The van der Waals surface area contributed by atoms with Crippen molar-refractivity contribution >= 4 is 44.7 Å². The Labute approximate surface area is 164 Å². The Kier molecular flexibility index (Phi) is 5.34. The van der Waals surface area contributed by atoms with E-state index < -0.39 is 24.4 Å². The fraction of sp³-hybridized carbons (Fsp3) is 0.176. The fourth-order valence-corrected chi connectivity index (χ4v) is 3.55. The van der Waals surface area contributed by atoms with Crippen LogP contribution in [0.4, 0.5) is 18.0 Å². The van der Waals surface area contributed by atoms with E-state index in [0.717, 1.165) is 16.7 Å². The van der Waals surface area contributed by atoms with E-state index in [-0.39, 0.29) is 22.0 Å². The Bertz CT molecular complexity index is 1040. The molecule has 3 rings (SSSR count). The van der Waals surface area contributed by atoms with Crippen LogP contribution in [0.5, 0.6) is 5.75 Å². The normalized spacial score (nSPS) is 12.6. The zero-order valence-corrected chi connectivity index (χ0v) is 15.9. The summed E-state index contributed by atoms with van der Waals surface area (Å²) in [5.74, 6) is -1.86. The lowest BCUT2D eigenvalue weighted by Gasteiger charge is -2.18. The molecule has 10 heteroatoms. The monoisotopic (exact) mass is 462 g/mol. The number of rotatable bonds is 4. The average Bonchev–Trinajstić information content (AvgIpc) is 2.96.